The third-order valence-corrected chi connectivity index (χ3v) is 5.04. The van der Waals surface area contributed by atoms with Gasteiger partial charge in [-0.3, -0.25) is 4.79 Å². The molecule has 6 heteroatoms. The fourth-order valence-corrected chi connectivity index (χ4v) is 3.96. The number of halogens is 3. The van der Waals surface area contributed by atoms with Gasteiger partial charge in [-0.25, -0.2) is 0 Å². The van der Waals surface area contributed by atoms with Crippen LogP contribution >= 0.6 is 0 Å². The van der Waals surface area contributed by atoms with Crippen LogP contribution in [0.25, 0.3) is 0 Å². The summed E-state index contributed by atoms with van der Waals surface area (Å²) in [6, 6.07) is 0. The monoisotopic (exact) mass is 307 g/mol. The van der Waals surface area contributed by atoms with E-state index in [9.17, 15) is 23.1 Å². The number of piperidine rings is 1. The van der Waals surface area contributed by atoms with E-state index in [0.717, 1.165) is 12.8 Å². The van der Waals surface area contributed by atoms with E-state index in [1.54, 1.807) is 4.90 Å². The van der Waals surface area contributed by atoms with Crippen molar-refractivity contribution in [2.75, 3.05) is 19.6 Å². The third kappa shape index (κ3) is 3.90. The second-order valence-corrected chi connectivity index (χ2v) is 6.90. The fourth-order valence-electron chi connectivity index (χ4n) is 3.96. The van der Waals surface area contributed by atoms with Gasteiger partial charge in [-0.15, -0.1) is 0 Å². The molecule has 1 aliphatic carbocycles. The first-order valence-corrected chi connectivity index (χ1v) is 7.75. The first-order chi connectivity index (χ1) is 9.73. The largest absolute Gasteiger partial charge is 0.481 e. The van der Waals surface area contributed by atoms with Gasteiger partial charge in [-0.05, 0) is 38.1 Å². The van der Waals surface area contributed by atoms with Crippen molar-refractivity contribution in [3.05, 3.63) is 0 Å². The van der Waals surface area contributed by atoms with Crippen molar-refractivity contribution in [2.45, 2.75) is 51.6 Å². The molecular formula is C15H24F3NO2. The Kier molecular flexibility index (Phi) is 4.85. The Morgan fingerprint density at radius 2 is 2.05 bits per heavy atom. The summed E-state index contributed by atoms with van der Waals surface area (Å²) in [5.74, 6) is -1.82. The summed E-state index contributed by atoms with van der Waals surface area (Å²) in [4.78, 5) is 13.5. The molecule has 0 spiro atoms. The van der Waals surface area contributed by atoms with Crippen LogP contribution in [-0.4, -0.2) is 41.8 Å². The van der Waals surface area contributed by atoms with Crippen molar-refractivity contribution >= 4 is 5.97 Å². The van der Waals surface area contributed by atoms with E-state index < -0.39 is 23.5 Å². The van der Waals surface area contributed by atoms with E-state index in [1.165, 1.54) is 0 Å². The minimum atomic E-state index is -4.17. The Bertz CT molecular complexity index is 386. The van der Waals surface area contributed by atoms with Crippen molar-refractivity contribution in [1.82, 2.24) is 4.90 Å². The van der Waals surface area contributed by atoms with Gasteiger partial charge in [0.05, 0.1) is 11.3 Å². The zero-order chi connectivity index (χ0) is 15.7. The Hall–Kier alpha value is -0.780. The van der Waals surface area contributed by atoms with Gasteiger partial charge in [0.25, 0.3) is 0 Å². The highest BCUT2D eigenvalue weighted by atomic mass is 19.4. The first-order valence-electron chi connectivity index (χ1n) is 7.75. The quantitative estimate of drug-likeness (QED) is 0.867. The van der Waals surface area contributed by atoms with Crippen LogP contribution in [0.4, 0.5) is 13.2 Å². The number of aliphatic carboxylic acids is 1. The Balaban J connectivity index is 2.05. The maximum Gasteiger partial charge on any atom is 0.393 e. The highest BCUT2D eigenvalue weighted by molar-refractivity contribution is 5.75. The number of nitrogens with zero attached hydrogens (tertiary/aromatic N) is 1. The first kappa shape index (κ1) is 16.6. The van der Waals surface area contributed by atoms with Crippen LogP contribution in [0, 0.1) is 17.3 Å². The fraction of sp³-hybridized carbons (Fsp3) is 0.933. The minimum Gasteiger partial charge on any atom is -0.481 e. The third-order valence-electron chi connectivity index (χ3n) is 5.04. The maximum atomic E-state index is 12.9. The molecule has 1 heterocycles. The summed E-state index contributed by atoms with van der Waals surface area (Å²) < 4.78 is 38.6. The van der Waals surface area contributed by atoms with Gasteiger partial charge in [0.2, 0.25) is 0 Å². The lowest BCUT2D eigenvalue weighted by Gasteiger charge is -2.42. The van der Waals surface area contributed by atoms with E-state index in [-0.39, 0.29) is 19.5 Å². The Morgan fingerprint density at radius 3 is 2.62 bits per heavy atom. The molecule has 2 aliphatic rings. The summed E-state index contributed by atoms with van der Waals surface area (Å²) in [6.45, 7) is 2.83. The van der Waals surface area contributed by atoms with E-state index in [2.05, 4.69) is 0 Å². The predicted octanol–water partition coefficient (Wildman–Crippen LogP) is 3.54. The molecule has 0 aromatic rings. The topological polar surface area (TPSA) is 40.5 Å². The zero-order valence-corrected chi connectivity index (χ0v) is 12.5. The van der Waals surface area contributed by atoms with Crippen molar-refractivity contribution in [3.8, 4) is 0 Å². The van der Waals surface area contributed by atoms with E-state index in [0.29, 0.717) is 31.7 Å². The van der Waals surface area contributed by atoms with Crippen molar-refractivity contribution in [2.24, 2.45) is 17.3 Å². The molecule has 1 N–H and O–H groups in total. The number of likely N-dealkylation sites (tertiary alicyclic amines) is 1. The number of carbonyl (C=O) groups is 1. The second kappa shape index (κ2) is 6.15. The molecule has 21 heavy (non-hydrogen) atoms. The average molecular weight is 307 g/mol. The molecule has 3 atom stereocenters. The Labute approximate surface area is 123 Å². The molecule has 122 valence electrons. The SMILES string of the molecule is CC1CCCC(CN2CCCC(C(F)(F)F)C2)(C(=O)O)C1. The van der Waals surface area contributed by atoms with Crippen LogP contribution < -0.4 is 0 Å². The molecule has 0 aromatic carbocycles. The van der Waals surface area contributed by atoms with Crippen molar-refractivity contribution in [3.63, 3.8) is 0 Å². The Morgan fingerprint density at radius 1 is 1.33 bits per heavy atom. The molecule has 0 bridgehead atoms. The number of hydrogen-bond donors (Lipinski definition) is 1. The lowest BCUT2D eigenvalue weighted by Crippen LogP contribution is -2.50. The van der Waals surface area contributed by atoms with Gasteiger partial charge in [0.15, 0.2) is 0 Å². The smallest absolute Gasteiger partial charge is 0.393 e. The van der Waals surface area contributed by atoms with Crippen LogP contribution in [0.1, 0.15) is 45.4 Å². The molecule has 3 nitrogen and oxygen atoms in total. The van der Waals surface area contributed by atoms with Crippen molar-refractivity contribution in [1.29, 1.82) is 0 Å². The van der Waals surface area contributed by atoms with Crippen LogP contribution in [0.5, 0.6) is 0 Å². The molecule has 1 saturated heterocycles. The zero-order valence-electron chi connectivity index (χ0n) is 12.5. The summed E-state index contributed by atoms with van der Waals surface area (Å²) in [7, 11) is 0. The van der Waals surface area contributed by atoms with Gasteiger partial charge < -0.3 is 10.0 Å². The van der Waals surface area contributed by atoms with E-state index >= 15 is 0 Å². The summed E-state index contributed by atoms with van der Waals surface area (Å²) in [6.07, 6.45) is -0.486. The molecule has 0 amide bonds. The number of carboxylic acids is 1. The molecule has 0 radical (unpaired) electrons. The van der Waals surface area contributed by atoms with Crippen LogP contribution in [0.2, 0.25) is 0 Å². The van der Waals surface area contributed by atoms with Gasteiger partial charge >= 0.3 is 12.1 Å². The van der Waals surface area contributed by atoms with Crippen LogP contribution in [0.15, 0.2) is 0 Å². The van der Waals surface area contributed by atoms with Crippen LogP contribution in [0.3, 0.4) is 0 Å². The lowest BCUT2D eigenvalue weighted by atomic mass is 9.69. The number of carboxylic acid groups (broad SMARTS) is 1. The molecule has 1 aliphatic heterocycles. The van der Waals surface area contributed by atoms with Crippen molar-refractivity contribution < 1.29 is 23.1 Å². The molecule has 1 saturated carbocycles. The minimum absolute atomic E-state index is 0.0487. The van der Waals surface area contributed by atoms with E-state index in [4.69, 9.17) is 0 Å². The molecule has 2 fully saturated rings. The van der Waals surface area contributed by atoms with Gasteiger partial charge in [0.1, 0.15) is 0 Å². The number of hydrogen-bond acceptors (Lipinski definition) is 2. The standard InChI is InChI=1S/C15H24F3NO2/c1-11-4-2-6-14(8-11,13(20)21)10-19-7-3-5-12(9-19)15(16,17)18/h11-12H,2-10H2,1H3,(H,20,21). The number of alkyl halides is 3. The highest BCUT2D eigenvalue weighted by Crippen LogP contribution is 2.42. The normalized spacial score (nSPS) is 35.6. The predicted molar refractivity (Wildman–Crippen MR) is 72.9 cm³/mol. The molecule has 0 aromatic heterocycles. The number of rotatable bonds is 3. The van der Waals surface area contributed by atoms with E-state index in [1.807, 2.05) is 6.92 Å². The van der Waals surface area contributed by atoms with Gasteiger partial charge in [-0.1, -0.05) is 19.8 Å². The molecule has 2 rings (SSSR count). The molecular weight excluding hydrogens is 283 g/mol. The average Bonchev–Trinajstić information content (AvgIpc) is 2.38. The lowest BCUT2D eigenvalue weighted by molar-refractivity contribution is -0.189. The summed E-state index contributed by atoms with van der Waals surface area (Å²) in [5.41, 5.74) is -0.856. The maximum absolute atomic E-state index is 12.9. The molecule has 3 unspecified atom stereocenters. The summed E-state index contributed by atoms with van der Waals surface area (Å²) in [5, 5.41) is 9.61. The highest BCUT2D eigenvalue weighted by Gasteiger charge is 2.46. The summed E-state index contributed by atoms with van der Waals surface area (Å²) >= 11 is 0. The van der Waals surface area contributed by atoms with Crippen LogP contribution in [-0.2, 0) is 4.79 Å². The van der Waals surface area contributed by atoms with Gasteiger partial charge in [0, 0.05) is 13.1 Å². The van der Waals surface area contributed by atoms with Gasteiger partial charge in [-0.2, -0.15) is 13.2 Å². The second-order valence-electron chi connectivity index (χ2n) is 6.90.